The van der Waals surface area contributed by atoms with Crippen LogP contribution in [0.5, 0.6) is 34.5 Å². The first-order valence-corrected chi connectivity index (χ1v) is 18.0. The van der Waals surface area contributed by atoms with Crippen molar-refractivity contribution in [3.05, 3.63) is 174 Å². The predicted molar refractivity (Wildman–Crippen MR) is 211 cm³/mol. The molecule has 6 N–H and O–H groups in total. The van der Waals surface area contributed by atoms with E-state index in [1.165, 1.54) is 0 Å². The van der Waals surface area contributed by atoms with E-state index in [1.54, 1.807) is 24.3 Å². The van der Waals surface area contributed by atoms with E-state index < -0.39 is 0 Å². The van der Waals surface area contributed by atoms with Gasteiger partial charge in [0.15, 0.2) is 0 Å². The molecule has 0 atom stereocenters. The van der Waals surface area contributed by atoms with Gasteiger partial charge in [-0.15, -0.1) is 0 Å². The molecule has 6 heteroatoms. The van der Waals surface area contributed by atoms with Gasteiger partial charge < -0.3 is 30.6 Å². The maximum Gasteiger partial charge on any atom is 0.122 e. The molecule has 0 amide bonds. The summed E-state index contributed by atoms with van der Waals surface area (Å²) >= 11 is 0. The summed E-state index contributed by atoms with van der Waals surface area (Å²) in [5, 5.41) is 66.4. The molecule has 53 heavy (non-hydrogen) atoms. The van der Waals surface area contributed by atoms with Crippen molar-refractivity contribution in [2.45, 2.75) is 73.6 Å². The fraction of sp³-hybridized carbons (Fsp3) is 0.234. The number of aromatic hydroxyl groups is 6. The molecule has 0 aliphatic carbocycles. The quantitative estimate of drug-likeness (QED) is 0.0843. The number of phenols is 6. The molecule has 0 saturated carbocycles. The first-order chi connectivity index (χ1) is 25.2. The van der Waals surface area contributed by atoms with E-state index in [-0.39, 0.29) is 34.5 Å². The van der Waals surface area contributed by atoms with E-state index in [4.69, 9.17) is 0 Å². The van der Waals surface area contributed by atoms with Crippen molar-refractivity contribution in [2.75, 3.05) is 0 Å². The van der Waals surface area contributed by atoms with E-state index in [2.05, 4.69) is 0 Å². The summed E-state index contributed by atoms with van der Waals surface area (Å²) in [7, 11) is 0. The van der Waals surface area contributed by atoms with E-state index in [9.17, 15) is 30.6 Å². The van der Waals surface area contributed by atoms with Crippen molar-refractivity contribution >= 4 is 0 Å². The Labute approximate surface area is 311 Å². The van der Waals surface area contributed by atoms with Crippen molar-refractivity contribution in [3.63, 3.8) is 0 Å². The summed E-state index contributed by atoms with van der Waals surface area (Å²) < 4.78 is 0. The Kier molecular flexibility index (Phi) is 10.4. The van der Waals surface area contributed by atoms with Gasteiger partial charge in [0.1, 0.15) is 34.5 Å². The lowest BCUT2D eigenvalue weighted by Gasteiger charge is -2.21. The van der Waals surface area contributed by atoms with Gasteiger partial charge >= 0.3 is 0 Å². The molecule has 6 aromatic carbocycles. The standard InChI is InChI=1S/C47H48O6/c1-26-15-36(21-32-11-7-9-13-42(32)48)46(52)38(17-26)24-40-30(5)34(19-28(3)44(40)50)23-35-20-29(4)45(51)41(31(35)6)25-39-18-27(2)16-37(47(39)53)22-33-12-8-10-14-43(33)49/h7-20,48-53H,21-25H2,1-6H3. The van der Waals surface area contributed by atoms with Crippen LogP contribution in [-0.2, 0) is 32.1 Å². The summed E-state index contributed by atoms with van der Waals surface area (Å²) in [6.45, 7) is 11.7. The van der Waals surface area contributed by atoms with Gasteiger partial charge in [-0.2, -0.15) is 0 Å². The Hall–Kier alpha value is -5.88. The molecule has 272 valence electrons. The molecule has 0 radical (unpaired) electrons. The zero-order chi connectivity index (χ0) is 38.1. The average molecular weight is 709 g/mol. The number of benzene rings is 6. The third-order valence-electron chi connectivity index (χ3n) is 10.7. The molecule has 0 bridgehead atoms. The third kappa shape index (κ3) is 7.68. The van der Waals surface area contributed by atoms with Crippen LogP contribution in [0.25, 0.3) is 0 Å². The summed E-state index contributed by atoms with van der Waals surface area (Å²) in [5.74, 6) is 1.06. The maximum absolute atomic E-state index is 11.5. The lowest BCUT2D eigenvalue weighted by atomic mass is 9.86. The van der Waals surface area contributed by atoms with Crippen LogP contribution in [0.4, 0.5) is 0 Å². The van der Waals surface area contributed by atoms with Crippen molar-refractivity contribution in [2.24, 2.45) is 0 Å². The van der Waals surface area contributed by atoms with Gasteiger partial charge in [-0.05, 0) is 127 Å². The lowest BCUT2D eigenvalue weighted by Crippen LogP contribution is -2.05. The van der Waals surface area contributed by atoms with Crippen LogP contribution in [0.1, 0.15) is 89.0 Å². The second kappa shape index (κ2) is 15.0. The molecule has 0 aliphatic rings. The normalized spacial score (nSPS) is 11.3. The molecule has 0 aromatic heterocycles. The molecule has 0 heterocycles. The average Bonchev–Trinajstić information content (AvgIpc) is 3.11. The number of rotatable bonds is 10. The monoisotopic (exact) mass is 708 g/mol. The Morgan fingerprint density at radius 1 is 0.340 bits per heavy atom. The molecule has 0 saturated heterocycles. The van der Waals surface area contributed by atoms with Crippen LogP contribution in [0.3, 0.4) is 0 Å². The number of aryl methyl sites for hydroxylation is 4. The molecular weight excluding hydrogens is 661 g/mol. The SMILES string of the molecule is Cc1cc(Cc2ccccc2O)c(O)c(Cc2c(C)c(Cc3cc(C)c(O)c(Cc4cc(C)cc(Cc5ccccc5O)c4O)c3C)cc(C)c2O)c1. The first-order valence-electron chi connectivity index (χ1n) is 18.0. The zero-order valence-electron chi connectivity index (χ0n) is 31.3. The van der Waals surface area contributed by atoms with Gasteiger partial charge in [0.25, 0.3) is 0 Å². The summed E-state index contributed by atoms with van der Waals surface area (Å²) in [6.07, 6.45) is 1.94. The van der Waals surface area contributed by atoms with Crippen LogP contribution < -0.4 is 0 Å². The minimum absolute atomic E-state index is 0.151. The van der Waals surface area contributed by atoms with Crippen molar-refractivity contribution in [1.29, 1.82) is 0 Å². The highest BCUT2D eigenvalue weighted by Gasteiger charge is 2.21. The predicted octanol–water partition coefficient (Wildman–Crippen LogP) is 9.72. The van der Waals surface area contributed by atoms with Gasteiger partial charge in [-0.3, -0.25) is 0 Å². The number of hydrogen-bond donors (Lipinski definition) is 6. The van der Waals surface area contributed by atoms with E-state index >= 15 is 0 Å². The van der Waals surface area contributed by atoms with Crippen LogP contribution in [0.15, 0.2) is 84.9 Å². The molecule has 6 rings (SSSR count). The number of para-hydroxylation sites is 2. The van der Waals surface area contributed by atoms with E-state index in [0.717, 1.165) is 66.8 Å². The molecular formula is C47H48O6. The molecule has 0 fully saturated rings. The first kappa shape index (κ1) is 36.9. The van der Waals surface area contributed by atoms with Crippen molar-refractivity contribution in [3.8, 4) is 34.5 Å². The molecule has 0 unspecified atom stereocenters. The fourth-order valence-electron chi connectivity index (χ4n) is 7.62. The van der Waals surface area contributed by atoms with Gasteiger partial charge in [-0.25, -0.2) is 0 Å². The van der Waals surface area contributed by atoms with Gasteiger partial charge in [0.05, 0.1) is 0 Å². The van der Waals surface area contributed by atoms with E-state index in [1.807, 2.05) is 102 Å². The van der Waals surface area contributed by atoms with Crippen LogP contribution in [0.2, 0.25) is 0 Å². The highest BCUT2D eigenvalue weighted by molar-refractivity contribution is 5.58. The number of hydrogen-bond acceptors (Lipinski definition) is 6. The maximum atomic E-state index is 11.5. The highest BCUT2D eigenvalue weighted by atomic mass is 16.3. The second-order valence-corrected chi connectivity index (χ2v) is 14.6. The molecule has 6 nitrogen and oxygen atoms in total. The largest absolute Gasteiger partial charge is 0.508 e. The molecule has 6 aromatic rings. The Balaban J connectivity index is 1.33. The Morgan fingerprint density at radius 2 is 0.660 bits per heavy atom. The van der Waals surface area contributed by atoms with E-state index in [0.29, 0.717) is 54.4 Å². The van der Waals surface area contributed by atoms with Crippen molar-refractivity contribution < 1.29 is 30.6 Å². The van der Waals surface area contributed by atoms with Gasteiger partial charge in [0.2, 0.25) is 0 Å². The van der Waals surface area contributed by atoms with Gasteiger partial charge in [0, 0.05) is 36.8 Å². The van der Waals surface area contributed by atoms with Crippen molar-refractivity contribution in [1.82, 2.24) is 0 Å². The Bertz CT molecular complexity index is 2190. The van der Waals surface area contributed by atoms with Crippen LogP contribution in [-0.4, -0.2) is 30.6 Å². The highest BCUT2D eigenvalue weighted by Crippen LogP contribution is 2.39. The fourth-order valence-corrected chi connectivity index (χ4v) is 7.62. The smallest absolute Gasteiger partial charge is 0.122 e. The summed E-state index contributed by atoms with van der Waals surface area (Å²) in [4.78, 5) is 0. The summed E-state index contributed by atoms with van der Waals surface area (Å²) in [6, 6.07) is 26.0. The summed E-state index contributed by atoms with van der Waals surface area (Å²) in [5.41, 5.74) is 13.1. The molecule has 0 aliphatic heterocycles. The Morgan fingerprint density at radius 3 is 1.02 bits per heavy atom. The molecule has 0 spiro atoms. The number of phenolic OH excluding ortho intramolecular Hbond substituents is 6. The van der Waals surface area contributed by atoms with Gasteiger partial charge in [-0.1, -0.05) is 83.9 Å². The van der Waals surface area contributed by atoms with Crippen LogP contribution in [0, 0.1) is 41.5 Å². The minimum Gasteiger partial charge on any atom is -0.508 e. The second-order valence-electron chi connectivity index (χ2n) is 14.6. The topological polar surface area (TPSA) is 121 Å². The lowest BCUT2D eigenvalue weighted by molar-refractivity contribution is 0.454. The van der Waals surface area contributed by atoms with Crippen LogP contribution >= 0.6 is 0 Å². The zero-order valence-corrected chi connectivity index (χ0v) is 31.3. The minimum atomic E-state index is 0.151. The third-order valence-corrected chi connectivity index (χ3v) is 10.7.